The summed E-state index contributed by atoms with van der Waals surface area (Å²) in [7, 11) is 0. The zero-order valence-electron chi connectivity index (χ0n) is 20.2. The number of nitrogens with zero attached hydrogens (tertiary/aromatic N) is 4. The molecule has 1 fully saturated rings. The Morgan fingerprint density at radius 2 is 1.74 bits per heavy atom. The second-order valence-electron chi connectivity index (χ2n) is 9.62. The molecule has 35 heavy (non-hydrogen) atoms. The third-order valence-corrected chi connectivity index (χ3v) is 7.02. The molecule has 184 valence electrons. The van der Waals surface area contributed by atoms with E-state index in [9.17, 15) is 14.7 Å². The summed E-state index contributed by atoms with van der Waals surface area (Å²) >= 11 is 0. The number of benzene rings is 2. The van der Waals surface area contributed by atoms with Crippen molar-refractivity contribution >= 4 is 11.9 Å². The zero-order valence-corrected chi connectivity index (χ0v) is 20.2. The molecule has 0 aliphatic heterocycles. The normalized spacial score (nSPS) is 14.7. The highest BCUT2D eigenvalue weighted by molar-refractivity contribution is 5.80. The maximum absolute atomic E-state index is 13.4. The van der Waals surface area contributed by atoms with Crippen LogP contribution in [-0.2, 0) is 16.1 Å². The molecule has 2 aromatic carbocycles. The molecule has 8 heteroatoms. The van der Waals surface area contributed by atoms with E-state index in [1.54, 1.807) is 0 Å². The maximum Gasteiger partial charge on any atom is 0.303 e. The molecule has 4 rings (SSSR count). The Balaban J connectivity index is 1.50. The van der Waals surface area contributed by atoms with Gasteiger partial charge in [0.2, 0.25) is 5.91 Å². The van der Waals surface area contributed by atoms with Gasteiger partial charge in [-0.15, -0.1) is 5.10 Å². The number of carbonyl (C=O) groups is 2. The van der Waals surface area contributed by atoms with Crippen LogP contribution in [0.2, 0.25) is 0 Å². The number of tetrazole rings is 1. The van der Waals surface area contributed by atoms with Crippen LogP contribution in [0.15, 0.2) is 48.5 Å². The molecule has 1 amide bonds. The van der Waals surface area contributed by atoms with Gasteiger partial charge in [-0.25, -0.2) is 5.10 Å². The number of rotatable bonds is 11. The Morgan fingerprint density at radius 1 is 1.03 bits per heavy atom. The molecule has 1 saturated carbocycles. The predicted octanol–water partition coefficient (Wildman–Crippen LogP) is 5.09. The third kappa shape index (κ3) is 6.12. The molecule has 1 aliphatic rings. The van der Waals surface area contributed by atoms with Crippen molar-refractivity contribution in [3.05, 3.63) is 54.1 Å². The lowest BCUT2D eigenvalue weighted by Crippen LogP contribution is -2.36. The summed E-state index contributed by atoms with van der Waals surface area (Å²) in [4.78, 5) is 26.8. The van der Waals surface area contributed by atoms with Crippen molar-refractivity contribution < 1.29 is 14.7 Å². The number of nitrogens with one attached hydrogen (secondary N) is 1. The Labute approximate surface area is 205 Å². The molecule has 0 atom stereocenters. The van der Waals surface area contributed by atoms with Gasteiger partial charge in [0, 0.05) is 25.1 Å². The van der Waals surface area contributed by atoms with Gasteiger partial charge in [0.1, 0.15) is 0 Å². The van der Waals surface area contributed by atoms with Gasteiger partial charge in [-0.1, -0.05) is 74.7 Å². The number of carboxylic acid groups (broad SMARTS) is 1. The highest BCUT2D eigenvalue weighted by Gasteiger charge is 2.39. The van der Waals surface area contributed by atoms with E-state index in [1.807, 2.05) is 29.2 Å². The number of aromatic amines is 1. The fourth-order valence-corrected chi connectivity index (χ4v) is 5.16. The largest absolute Gasteiger partial charge is 0.481 e. The minimum Gasteiger partial charge on any atom is -0.481 e. The number of hydrogen-bond donors (Lipinski definition) is 2. The van der Waals surface area contributed by atoms with Crippen LogP contribution in [0.4, 0.5) is 0 Å². The third-order valence-electron chi connectivity index (χ3n) is 7.02. The molecule has 0 radical (unpaired) electrons. The van der Waals surface area contributed by atoms with Crippen LogP contribution in [0.1, 0.15) is 63.9 Å². The molecule has 0 unspecified atom stereocenters. The Kier molecular flexibility index (Phi) is 7.90. The summed E-state index contributed by atoms with van der Waals surface area (Å²) in [6.07, 6.45) is 5.97. The van der Waals surface area contributed by atoms with Crippen LogP contribution in [0.25, 0.3) is 22.5 Å². The summed E-state index contributed by atoms with van der Waals surface area (Å²) in [5.41, 5.74) is 3.64. The van der Waals surface area contributed by atoms with E-state index in [2.05, 4.69) is 51.8 Å². The first-order valence-electron chi connectivity index (χ1n) is 12.4. The van der Waals surface area contributed by atoms with Gasteiger partial charge >= 0.3 is 5.97 Å². The van der Waals surface area contributed by atoms with Gasteiger partial charge in [-0.05, 0) is 51.8 Å². The number of hydrogen-bond acceptors (Lipinski definition) is 5. The fraction of sp³-hybridized carbons (Fsp3) is 0.444. The molecule has 3 aromatic rings. The smallest absolute Gasteiger partial charge is 0.303 e. The molecular weight excluding hydrogens is 442 g/mol. The minimum atomic E-state index is -0.809. The first-order valence-corrected chi connectivity index (χ1v) is 12.4. The minimum absolute atomic E-state index is 0.0637. The lowest BCUT2D eigenvalue weighted by Gasteiger charge is -2.31. The molecule has 0 spiro atoms. The molecule has 1 aliphatic carbocycles. The number of unbranched alkanes of at least 4 members (excludes halogenated alkanes) is 1. The van der Waals surface area contributed by atoms with Gasteiger partial charge in [0.05, 0.1) is 6.42 Å². The lowest BCUT2D eigenvalue weighted by molar-refractivity contribution is -0.141. The van der Waals surface area contributed by atoms with E-state index in [1.165, 1.54) is 0 Å². The van der Waals surface area contributed by atoms with Crippen LogP contribution in [0, 0.1) is 5.41 Å². The predicted molar refractivity (Wildman–Crippen MR) is 133 cm³/mol. The number of amides is 1. The standard InChI is InChI=1S/C27H33N5O3/c1-2-3-16-32(24(33)17-27(18-25(34)35)14-6-7-15-27)19-20-10-12-21(13-11-20)22-8-4-5-9-23(22)26-28-30-31-29-26/h4-5,8-13H,2-3,6-7,14-19H2,1H3,(H,34,35)(H,28,29,30,31). The van der Waals surface area contributed by atoms with Crippen molar-refractivity contribution in [3.8, 4) is 22.5 Å². The Bertz CT molecular complexity index is 1120. The Morgan fingerprint density at radius 3 is 2.37 bits per heavy atom. The van der Waals surface area contributed by atoms with Crippen LogP contribution in [0.3, 0.4) is 0 Å². The number of carbonyl (C=O) groups excluding carboxylic acids is 1. The summed E-state index contributed by atoms with van der Waals surface area (Å²) in [5.74, 6) is -0.131. The monoisotopic (exact) mass is 475 g/mol. The van der Waals surface area contributed by atoms with Gasteiger partial charge in [0.15, 0.2) is 5.82 Å². The first kappa shape index (κ1) is 24.6. The van der Waals surface area contributed by atoms with E-state index < -0.39 is 11.4 Å². The van der Waals surface area contributed by atoms with Gasteiger partial charge in [-0.2, -0.15) is 0 Å². The lowest BCUT2D eigenvalue weighted by atomic mass is 9.79. The SMILES string of the molecule is CCCCN(Cc1ccc(-c2ccccc2-c2nnn[nH]2)cc1)C(=O)CC1(CC(=O)O)CCCC1. The number of aromatic nitrogens is 4. The molecular formula is C27H33N5O3. The van der Waals surface area contributed by atoms with E-state index in [0.717, 1.165) is 60.8 Å². The van der Waals surface area contributed by atoms with Gasteiger partial charge in [-0.3, -0.25) is 9.59 Å². The number of H-pyrrole nitrogens is 1. The summed E-state index contributed by atoms with van der Waals surface area (Å²) in [6, 6.07) is 16.2. The van der Waals surface area contributed by atoms with Crippen molar-refractivity contribution in [2.24, 2.45) is 5.41 Å². The van der Waals surface area contributed by atoms with Crippen molar-refractivity contribution in [3.63, 3.8) is 0 Å². The quantitative estimate of drug-likeness (QED) is 0.400. The van der Waals surface area contributed by atoms with Gasteiger partial charge < -0.3 is 10.0 Å². The summed E-state index contributed by atoms with van der Waals surface area (Å²) < 4.78 is 0. The number of aliphatic carboxylic acids is 1. The molecule has 2 N–H and O–H groups in total. The molecule has 1 aromatic heterocycles. The van der Waals surface area contributed by atoms with E-state index >= 15 is 0 Å². The van der Waals surface area contributed by atoms with Crippen molar-refractivity contribution in [1.82, 2.24) is 25.5 Å². The van der Waals surface area contributed by atoms with Crippen LogP contribution in [-0.4, -0.2) is 49.1 Å². The average molecular weight is 476 g/mol. The summed E-state index contributed by atoms with van der Waals surface area (Å²) in [5, 5.41) is 23.7. The maximum atomic E-state index is 13.4. The van der Waals surface area contributed by atoms with Crippen LogP contribution >= 0.6 is 0 Å². The van der Waals surface area contributed by atoms with Crippen molar-refractivity contribution in [2.45, 2.75) is 64.8 Å². The topological polar surface area (TPSA) is 112 Å². The highest BCUT2D eigenvalue weighted by Crippen LogP contribution is 2.44. The van der Waals surface area contributed by atoms with Crippen LogP contribution < -0.4 is 0 Å². The van der Waals surface area contributed by atoms with Gasteiger partial charge in [0.25, 0.3) is 0 Å². The molecule has 1 heterocycles. The average Bonchev–Trinajstić information content (AvgIpc) is 3.54. The van der Waals surface area contributed by atoms with Crippen molar-refractivity contribution in [2.75, 3.05) is 6.54 Å². The molecule has 0 saturated heterocycles. The summed E-state index contributed by atoms with van der Waals surface area (Å²) in [6.45, 7) is 3.32. The van der Waals surface area contributed by atoms with E-state index in [0.29, 0.717) is 25.3 Å². The fourth-order valence-electron chi connectivity index (χ4n) is 5.16. The molecule has 0 bridgehead atoms. The Hall–Kier alpha value is -3.55. The van der Waals surface area contributed by atoms with Crippen molar-refractivity contribution in [1.29, 1.82) is 0 Å². The molecule has 8 nitrogen and oxygen atoms in total. The van der Waals surface area contributed by atoms with Crippen LogP contribution in [0.5, 0.6) is 0 Å². The van der Waals surface area contributed by atoms with E-state index in [4.69, 9.17) is 0 Å². The van der Waals surface area contributed by atoms with E-state index in [-0.39, 0.29) is 12.3 Å². The zero-order chi connectivity index (χ0) is 24.7. The second kappa shape index (κ2) is 11.3. The number of carboxylic acids is 1. The highest BCUT2D eigenvalue weighted by atomic mass is 16.4. The first-order chi connectivity index (χ1) is 17.0. The second-order valence-corrected chi connectivity index (χ2v) is 9.62.